The molecule has 0 aromatic heterocycles. The first-order valence-corrected chi connectivity index (χ1v) is 10.4. The van der Waals surface area contributed by atoms with E-state index in [1.54, 1.807) is 0 Å². The lowest BCUT2D eigenvalue weighted by atomic mass is 10.0. The molecule has 2 rings (SSSR count). The van der Waals surface area contributed by atoms with Gasteiger partial charge in [0, 0.05) is 31.2 Å². The third-order valence-electron chi connectivity index (χ3n) is 5.26. The second kappa shape index (κ2) is 11.8. The van der Waals surface area contributed by atoms with Crippen molar-refractivity contribution in [1.29, 1.82) is 0 Å². The molecule has 8 heteroatoms. The maximum atomic E-state index is 13.3. The van der Waals surface area contributed by atoms with Gasteiger partial charge < -0.3 is 16.4 Å². The number of hydrogen-bond donors (Lipinski definition) is 2. The standard InChI is InChI=1S/C23H30N4O4/c1-17(27(30)31)9-8-14-26(21(22(25)28)16-19-12-6-3-7-13-19)23(29)20(24)15-18-10-4-2-5-11-18/h2-7,10-13,17,20-21H,8-9,14-16,24H2,1H3,(H2,25,28)/t17?,20?,21-/m0/s1. The molecule has 2 aromatic rings. The molecule has 3 atom stereocenters. The van der Waals surface area contributed by atoms with Gasteiger partial charge >= 0.3 is 0 Å². The molecule has 8 nitrogen and oxygen atoms in total. The van der Waals surface area contributed by atoms with Gasteiger partial charge in [0.15, 0.2) is 0 Å². The summed E-state index contributed by atoms with van der Waals surface area (Å²) in [6.07, 6.45) is 1.22. The van der Waals surface area contributed by atoms with E-state index in [1.165, 1.54) is 11.8 Å². The molecule has 2 amide bonds. The predicted octanol–water partition coefficient (Wildman–Crippen LogP) is 1.93. The van der Waals surface area contributed by atoms with Crippen LogP contribution in [0.1, 0.15) is 30.9 Å². The summed E-state index contributed by atoms with van der Waals surface area (Å²) in [6.45, 7) is 1.68. The highest BCUT2D eigenvalue weighted by Crippen LogP contribution is 2.14. The summed E-state index contributed by atoms with van der Waals surface area (Å²) < 4.78 is 0. The van der Waals surface area contributed by atoms with Crippen LogP contribution in [0.4, 0.5) is 0 Å². The Labute approximate surface area is 182 Å². The van der Waals surface area contributed by atoms with Crippen LogP contribution in [-0.4, -0.2) is 46.3 Å². The number of primary amides is 1. The quantitative estimate of drug-likeness (QED) is 0.395. The van der Waals surface area contributed by atoms with Gasteiger partial charge in [0.2, 0.25) is 17.9 Å². The van der Waals surface area contributed by atoms with E-state index in [9.17, 15) is 19.7 Å². The number of nitro groups is 1. The first-order chi connectivity index (χ1) is 14.8. The van der Waals surface area contributed by atoms with E-state index >= 15 is 0 Å². The van der Waals surface area contributed by atoms with Crippen LogP contribution in [0.25, 0.3) is 0 Å². The monoisotopic (exact) mass is 426 g/mol. The van der Waals surface area contributed by atoms with Crippen molar-refractivity contribution in [3.8, 4) is 0 Å². The fourth-order valence-corrected chi connectivity index (χ4v) is 3.45. The van der Waals surface area contributed by atoms with E-state index in [4.69, 9.17) is 11.5 Å². The number of carbonyl (C=O) groups is 2. The molecule has 0 fully saturated rings. The largest absolute Gasteiger partial charge is 0.368 e. The van der Waals surface area contributed by atoms with Crippen molar-refractivity contribution in [2.75, 3.05) is 6.54 Å². The maximum Gasteiger partial charge on any atom is 0.240 e. The smallest absolute Gasteiger partial charge is 0.240 e. The van der Waals surface area contributed by atoms with Crippen molar-refractivity contribution >= 4 is 11.8 Å². The Morgan fingerprint density at radius 2 is 1.52 bits per heavy atom. The molecule has 2 aromatic carbocycles. The Morgan fingerprint density at radius 1 is 1.00 bits per heavy atom. The molecule has 31 heavy (non-hydrogen) atoms. The number of amides is 2. The van der Waals surface area contributed by atoms with E-state index in [1.807, 2.05) is 60.7 Å². The van der Waals surface area contributed by atoms with Crippen molar-refractivity contribution in [1.82, 2.24) is 4.90 Å². The predicted molar refractivity (Wildman–Crippen MR) is 119 cm³/mol. The second-order valence-corrected chi connectivity index (χ2v) is 7.71. The highest BCUT2D eigenvalue weighted by molar-refractivity contribution is 5.89. The molecule has 0 saturated carbocycles. The first-order valence-electron chi connectivity index (χ1n) is 10.4. The van der Waals surface area contributed by atoms with Gasteiger partial charge in [-0.25, -0.2) is 0 Å². The van der Waals surface area contributed by atoms with Gasteiger partial charge in [0.05, 0.1) is 6.04 Å². The lowest BCUT2D eigenvalue weighted by Gasteiger charge is -2.32. The molecule has 2 unspecified atom stereocenters. The molecule has 0 bridgehead atoms. The van der Waals surface area contributed by atoms with Crippen molar-refractivity contribution in [2.45, 2.75) is 50.7 Å². The number of benzene rings is 2. The summed E-state index contributed by atoms with van der Waals surface area (Å²) in [5, 5.41) is 10.9. The zero-order chi connectivity index (χ0) is 22.8. The van der Waals surface area contributed by atoms with Crippen LogP contribution < -0.4 is 11.5 Å². The van der Waals surface area contributed by atoms with Crippen molar-refractivity contribution in [3.63, 3.8) is 0 Å². The zero-order valence-electron chi connectivity index (χ0n) is 17.7. The van der Waals surface area contributed by atoms with Crippen LogP contribution in [0.2, 0.25) is 0 Å². The highest BCUT2D eigenvalue weighted by atomic mass is 16.6. The Morgan fingerprint density at radius 3 is 2.00 bits per heavy atom. The Kier molecular flexibility index (Phi) is 9.14. The lowest BCUT2D eigenvalue weighted by molar-refractivity contribution is -0.519. The van der Waals surface area contributed by atoms with E-state index < -0.39 is 29.9 Å². The summed E-state index contributed by atoms with van der Waals surface area (Å²) in [4.78, 5) is 37.5. The molecule has 166 valence electrons. The number of nitrogens with zero attached hydrogens (tertiary/aromatic N) is 2. The van der Waals surface area contributed by atoms with Crippen LogP contribution in [0, 0.1) is 10.1 Å². The average Bonchev–Trinajstić information content (AvgIpc) is 2.76. The van der Waals surface area contributed by atoms with Gasteiger partial charge in [-0.15, -0.1) is 0 Å². The third kappa shape index (κ3) is 7.49. The van der Waals surface area contributed by atoms with Crippen molar-refractivity contribution in [3.05, 3.63) is 81.9 Å². The van der Waals surface area contributed by atoms with E-state index in [-0.39, 0.29) is 24.3 Å². The molecule has 0 aliphatic heterocycles. The minimum absolute atomic E-state index is 0.167. The summed E-state index contributed by atoms with van der Waals surface area (Å²) in [5.74, 6) is -1.02. The number of rotatable bonds is 12. The van der Waals surface area contributed by atoms with E-state index in [0.717, 1.165) is 11.1 Å². The molecule has 0 spiro atoms. The summed E-state index contributed by atoms with van der Waals surface area (Å²) >= 11 is 0. The van der Waals surface area contributed by atoms with Gasteiger partial charge in [-0.3, -0.25) is 19.7 Å². The third-order valence-corrected chi connectivity index (χ3v) is 5.26. The molecular weight excluding hydrogens is 396 g/mol. The normalized spacial score (nSPS) is 13.7. The van der Waals surface area contributed by atoms with Crippen molar-refractivity contribution in [2.24, 2.45) is 11.5 Å². The summed E-state index contributed by atoms with van der Waals surface area (Å²) in [6, 6.07) is 16.2. The SMILES string of the molecule is CC(CCCN(C(=O)C(N)Cc1ccccc1)[C@@H](Cc1ccccc1)C(N)=O)[N+](=O)[O-]. The van der Waals surface area contributed by atoms with Gasteiger partial charge in [-0.1, -0.05) is 60.7 Å². The van der Waals surface area contributed by atoms with Crippen LogP contribution in [0.3, 0.4) is 0 Å². The Balaban J connectivity index is 2.20. The zero-order valence-corrected chi connectivity index (χ0v) is 17.7. The number of hydrogen-bond acceptors (Lipinski definition) is 5. The minimum Gasteiger partial charge on any atom is -0.368 e. The summed E-state index contributed by atoms with van der Waals surface area (Å²) in [5.41, 5.74) is 13.7. The molecule has 0 radical (unpaired) electrons. The molecular formula is C23H30N4O4. The molecule has 0 saturated heterocycles. The van der Waals surface area contributed by atoms with Crippen molar-refractivity contribution < 1.29 is 14.5 Å². The minimum atomic E-state index is -0.886. The van der Waals surface area contributed by atoms with Crippen LogP contribution in [0.15, 0.2) is 60.7 Å². The average molecular weight is 427 g/mol. The summed E-state index contributed by atoms with van der Waals surface area (Å²) in [7, 11) is 0. The van der Waals surface area contributed by atoms with Crippen LogP contribution in [0.5, 0.6) is 0 Å². The molecule has 0 aliphatic carbocycles. The molecule has 4 N–H and O–H groups in total. The van der Waals surface area contributed by atoms with Gasteiger partial charge in [0.1, 0.15) is 6.04 Å². The van der Waals surface area contributed by atoms with Crippen LogP contribution >= 0.6 is 0 Å². The fourth-order valence-electron chi connectivity index (χ4n) is 3.45. The van der Waals surface area contributed by atoms with Gasteiger partial charge in [-0.2, -0.15) is 0 Å². The Bertz CT molecular complexity index is 860. The van der Waals surface area contributed by atoms with Gasteiger partial charge in [0.25, 0.3) is 0 Å². The number of nitrogens with two attached hydrogens (primary N) is 2. The molecule has 0 aliphatic rings. The van der Waals surface area contributed by atoms with Crippen LogP contribution in [-0.2, 0) is 22.4 Å². The fraction of sp³-hybridized carbons (Fsp3) is 0.391. The van der Waals surface area contributed by atoms with E-state index in [0.29, 0.717) is 12.8 Å². The number of carbonyl (C=O) groups excluding carboxylic acids is 2. The lowest BCUT2D eigenvalue weighted by Crippen LogP contribution is -2.55. The second-order valence-electron chi connectivity index (χ2n) is 7.71. The topological polar surface area (TPSA) is 133 Å². The maximum absolute atomic E-state index is 13.3. The Hall–Kier alpha value is -3.26. The van der Waals surface area contributed by atoms with Gasteiger partial charge in [-0.05, 0) is 24.0 Å². The molecule has 0 heterocycles. The van der Waals surface area contributed by atoms with E-state index in [2.05, 4.69) is 0 Å². The highest BCUT2D eigenvalue weighted by Gasteiger charge is 2.31. The first kappa shape index (κ1) is 24.0.